The van der Waals surface area contributed by atoms with Gasteiger partial charge in [-0.2, -0.15) is 10.4 Å². The number of aromatic nitrogens is 1. The predicted molar refractivity (Wildman–Crippen MR) is 146 cm³/mol. The SMILES string of the molecule is N#Cc1ccccc1N1C(=O)C2C3c4ccccc4C(/C=N/NC(=O)c4ccncc4)(c4ccccc43)C2C1=O. The van der Waals surface area contributed by atoms with Crippen LogP contribution in [0.15, 0.2) is 102 Å². The molecule has 192 valence electrons. The van der Waals surface area contributed by atoms with Crippen molar-refractivity contribution < 1.29 is 14.4 Å². The minimum absolute atomic E-state index is 0.248. The van der Waals surface area contributed by atoms with Gasteiger partial charge in [-0.25, -0.2) is 10.3 Å². The number of amides is 3. The highest BCUT2D eigenvalue weighted by Crippen LogP contribution is 2.63. The van der Waals surface area contributed by atoms with Crippen LogP contribution < -0.4 is 10.3 Å². The van der Waals surface area contributed by atoms with Crippen LogP contribution in [-0.2, 0) is 15.0 Å². The highest BCUT2D eigenvalue weighted by Gasteiger charge is 2.68. The molecule has 0 saturated carbocycles. The molecule has 0 spiro atoms. The summed E-state index contributed by atoms with van der Waals surface area (Å²) >= 11 is 0. The van der Waals surface area contributed by atoms with Crippen LogP contribution in [0, 0.1) is 23.2 Å². The Morgan fingerprint density at radius 2 is 1.52 bits per heavy atom. The Balaban J connectivity index is 1.43. The fourth-order valence-corrected chi connectivity index (χ4v) is 6.81. The predicted octanol–water partition coefficient (Wildman–Crippen LogP) is 3.92. The maximum atomic E-state index is 14.4. The first-order chi connectivity index (χ1) is 19.6. The summed E-state index contributed by atoms with van der Waals surface area (Å²) in [4.78, 5) is 46.5. The molecule has 2 bridgehead atoms. The summed E-state index contributed by atoms with van der Waals surface area (Å²) in [5, 5.41) is 14.2. The first-order valence-electron chi connectivity index (χ1n) is 12.9. The van der Waals surface area contributed by atoms with Gasteiger partial charge in [0.2, 0.25) is 11.8 Å². The fourth-order valence-electron chi connectivity index (χ4n) is 6.81. The number of imide groups is 1. The Labute approximate surface area is 229 Å². The quantitative estimate of drug-likeness (QED) is 0.247. The van der Waals surface area contributed by atoms with Crippen LogP contribution in [0.25, 0.3) is 0 Å². The standard InChI is InChI=1S/C32H21N5O3/c33-17-20-7-1-6-12-25(20)37-30(39)27-26-21-8-2-4-10-23(21)32(28(27)31(37)40,24-11-5-3-9-22(24)26)18-35-36-29(38)19-13-15-34-16-14-19/h1-16,18,26-28H,(H,36,38)/b35-18+. The number of carbonyl (C=O) groups excluding carboxylic acids is 3. The molecule has 2 unspecified atom stereocenters. The lowest BCUT2D eigenvalue weighted by Gasteiger charge is -2.52. The molecule has 40 heavy (non-hydrogen) atoms. The number of pyridine rings is 1. The first-order valence-corrected chi connectivity index (χ1v) is 12.9. The smallest absolute Gasteiger partial charge is 0.271 e. The van der Waals surface area contributed by atoms with E-state index in [0.717, 1.165) is 22.3 Å². The summed E-state index contributed by atoms with van der Waals surface area (Å²) in [6, 6.07) is 27.5. The second-order valence-electron chi connectivity index (χ2n) is 10.1. The van der Waals surface area contributed by atoms with E-state index in [1.54, 1.807) is 42.6 Å². The van der Waals surface area contributed by atoms with E-state index in [9.17, 15) is 19.6 Å². The van der Waals surface area contributed by atoms with Gasteiger partial charge in [0, 0.05) is 30.1 Å². The van der Waals surface area contributed by atoms with E-state index in [1.165, 1.54) is 17.3 Å². The summed E-state index contributed by atoms with van der Waals surface area (Å²) in [5.41, 5.74) is 6.04. The Hall–Kier alpha value is -5.42. The van der Waals surface area contributed by atoms with Crippen LogP contribution in [-0.4, -0.2) is 28.9 Å². The maximum Gasteiger partial charge on any atom is 0.271 e. The van der Waals surface area contributed by atoms with Crippen molar-refractivity contribution in [1.29, 1.82) is 5.26 Å². The summed E-state index contributed by atoms with van der Waals surface area (Å²) in [5.74, 6) is -3.01. The normalized spacial score (nSPS) is 23.9. The Kier molecular flexibility index (Phi) is 5.22. The number of nitriles is 1. The van der Waals surface area contributed by atoms with Crippen LogP contribution in [0.2, 0.25) is 0 Å². The van der Waals surface area contributed by atoms with E-state index in [0.29, 0.717) is 5.56 Å². The molecule has 1 aliphatic heterocycles. The lowest BCUT2D eigenvalue weighted by atomic mass is 9.47. The molecular formula is C32H21N5O3. The molecule has 4 aliphatic rings. The number of hydrogen-bond acceptors (Lipinski definition) is 6. The fraction of sp³-hybridized carbons (Fsp3) is 0.125. The molecule has 2 heterocycles. The van der Waals surface area contributed by atoms with Crippen molar-refractivity contribution in [3.63, 3.8) is 0 Å². The van der Waals surface area contributed by atoms with Crippen LogP contribution >= 0.6 is 0 Å². The molecule has 1 aromatic heterocycles. The molecule has 1 fully saturated rings. The average molecular weight is 524 g/mol. The number of para-hydroxylation sites is 1. The molecule has 8 rings (SSSR count). The molecule has 1 saturated heterocycles. The molecule has 3 aliphatic carbocycles. The average Bonchev–Trinajstić information content (AvgIpc) is 3.28. The Bertz CT molecular complexity index is 1740. The molecule has 8 nitrogen and oxygen atoms in total. The number of benzene rings is 3. The van der Waals surface area contributed by atoms with Gasteiger partial charge in [-0.3, -0.25) is 19.4 Å². The highest BCUT2D eigenvalue weighted by molar-refractivity contribution is 6.25. The minimum Gasteiger partial charge on any atom is -0.274 e. The van der Waals surface area contributed by atoms with E-state index in [4.69, 9.17) is 0 Å². The van der Waals surface area contributed by atoms with Gasteiger partial charge in [0.1, 0.15) is 6.07 Å². The number of anilines is 1. The zero-order chi connectivity index (χ0) is 27.4. The van der Waals surface area contributed by atoms with Crippen molar-refractivity contribution >= 4 is 29.6 Å². The van der Waals surface area contributed by atoms with Gasteiger partial charge in [-0.05, 0) is 46.5 Å². The number of carbonyl (C=O) groups is 3. The van der Waals surface area contributed by atoms with Gasteiger partial charge < -0.3 is 0 Å². The van der Waals surface area contributed by atoms with Gasteiger partial charge in [-0.1, -0.05) is 60.7 Å². The minimum atomic E-state index is -1.12. The van der Waals surface area contributed by atoms with Crippen molar-refractivity contribution in [2.24, 2.45) is 16.9 Å². The van der Waals surface area contributed by atoms with E-state index in [-0.39, 0.29) is 23.1 Å². The van der Waals surface area contributed by atoms with E-state index >= 15 is 0 Å². The molecule has 2 atom stereocenters. The third kappa shape index (κ3) is 3.09. The van der Waals surface area contributed by atoms with E-state index < -0.39 is 29.1 Å². The molecular weight excluding hydrogens is 502 g/mol. The van der Waals surface area contributed by atoms with Gasteiger partial charge in [0.25, 0.3) is 5.91 Å². The van der Waals surface area contributed by atoms with E-state index in [1.807, 2.05) is 48.5 Å². The topological polar surface area (TPSA) is 116 Å². The molecule has 0 radical (unpaired) electrons. The molecule has 8 heteroatoms. The zero-order valence-electron chi connectivity index (χ0n) is 21.1. The summed E-state index contributed by atoms with van der Waals surface area (Å²) < 4.78 is 0. The van der Waals surface area contributed by atoms with Crippen molar-refractivity contribution in [1.82, 2.24) is 10.4 Å². The van der Waals surface area contributed by atoms with Crippen molar-refractivity contribution in [3.8, 4) is 6.07 Å². The van der Waals surface area contributed by atoms with Gasteiger partial charge in [0.05, 0.1) is 28.5 Å². The number of nitrogens with zero attached hydrogens (tertiary/aromatic N) is 4. The third-order valence-corrected chi connectivity index (χ3v) is 8.33. The zero-order valence-corrected chi connectivity index (χ0v) is 21.1. The molecule has 1 N–H and O–H groups in total. The Morgan fingerprint density at radius 3 is 2.20 bits per heavy atom. The second kappa shape index (κ2) is 8.82. The highest BCUT2D eigenvalue weighted by atomic mass is 16.2. The van der Waals surface area contributed by atoms with Gasteiger partial charge in [-0.15, -0.1) is 0 Å². The molecule has 3 aromatic carbocycles. The number of nitrogens with one attached hydrogen (secondary N) is 1. The summed E-state index contributed by atoms with van der Waals surface area (Å²) in [6.07, 6.45) is 4.66. The number of hydrazone groups is 1. The van der Waals surface area contributed by atoms with Crippen LogP contribution in [0.3, 0.4) is 0 Å². The van der Waals surface area contributed by atoms with Crippen LogP contribution in [0.4, 0.5) is 5.69 Å². The molecule has 3 amide bonds. The lowest BCUT2D eigenvalue weighted by molar-refractivity contribution is -0.122. The maximum absolute atomic E-state index is 14.4. The van der Waals surface area contributed by atoms with Crippen molar-refractivity contribution in [2.45, 2.75) is 11.3 Å². The third-order valence-electron chi connectivity index (χ3n) is 8.33. The van der Waals surface area contributed by atoms with Crippen LogP contribution in [0.5, 0.6) is 0 Å². The van der Waals surface area contributed by atoms with Crippen molar-refractivity contribution in [3.05, 3.63) is 131 Å². The number of rotatable bonds is 4. The monoisotopic (exact) mass is 523 g/mol. The van der Waals surface area contributed by atoms with Gasteiger partial charge in [0.15, 0.2) is 0 Å². The second-order valence-corrected chi connectivity index (χ2v) is 10.1. The summed E-state index contributed by atoms with van der Waals surface area (Å²) in [6.45, 7) is 0. The summed E-state index contributed by atoms with van der Waals surface area (Å²) in [7, 11) is 0. The largest absolute Gasteiger partial charge is 0.274 e. The van der Waals surface area contributed by atoms with Gasteiger partial charge >= 0.3 is 0 Å². The van der Waals surface area contributed by atoms with Crippen LogP contribution in [0.1, 0.15) is 44.1 Å². The van der Waals surface area contributed by atoms with Crippen molar-refractivity contribution in [2.75, 3.05) is 4.90 Å². The lowest BCUT2D eigenvalue weighted by Crippen LogP contribution is -2.54. The first kappa shape index (κ1) is 23.7. The van der Waals surface area contributed by atoms with E-state index in [2.05, 4.69) is 21.6 Å². The Morgan fingerprint density at radius 1 is 0.900 bits per heavy atom. The number of hydrogen-bond donors (Lipinski definition) is 1. The molecule has 4 aromatic rings.